The van der Waals surface area contributed by atoms with Crippen LogP contribution in [-0.2, 0) is 4.79 Å². The summed E-state index contributed by atoms with van der Waals surface area (Å²) < 4.78 is 0. The standard InChI is InChI=1S/C20H28N2O2/c1-14-12-15(2)18(21-16(3)23)17(13-14)19(24)22-10-8-20(9-11-22)6-4-5-7-20/h12-13H,4-11H2,1-3H3,(H,21,23). The van der Waals surface area contributed by atoms with Gasteiger partial charge >= 0.3 is 0 Å². The molecular weight excluding hydrogens is 300 g/mol. The van der Waals surface area contributed by atoms with Gasteiger partial charge in [0.25, 0.3) is 5.91 Å². The van der Waals surface area contributed by atoms with Crippen molar-refractivity contribution in [3.05, 3.63) is 28.8 Å². The molecule has 4 nitrogen and oxygen atoms in total. The molecule has 1 heterocycles. The van der Waals surface area contributed by atoms with E-state index in [4.69, 9.17) is 0 Å². The van der Waals surface area contributed by atoms with Gasteiger partial charge in [-0.3, -0.25) is 9.59 Å². The molecule has 1 aromatic rings. The van der Waals surface area contributed by atoms with Crippen LogP contribution in [0.25, 0.3) is 0 Å². The van der Waals surface area contributed by atoms with Gasteiger partial charge in [0.15, 0.2) is 0 Å². The number of piperidine rings is 1. The summed E-state index contributed by atoms with van der Waals surface area (Å²) >= 11 is 0. The van der Waals surface area contributed by atoms with Crippen LogP contribution in [0.5, 0.6) is 0 Å². The Labute approximate surface area is 144 Å². The Morgan fingerprint density at radius 3 is 2.25 bits per heavy atom. The number of amides is 2. The molecule has 0 bridgehead atoms. The monoisotopic (exact) mass is 328 g/mol. The summed E-state index contributed by atoms with van der Waals surface area (Å²) in [5.41, 5.74) is 3.79. The number of carbonyl (C=O) groups is 2. The lowest BCUT2D eigenvalue weighted by atomic mass is 9.77. The summed E-state index contributed by atoms with van der Waals surface area (Å²) in [6.07, 6.45) is 7.60. The number of nitrogens with one attached hydrogen (secondary N) is 1. The number of hydrogen-bond acceptors (Lipinski definition) is 2. The predicted molar refractivity (Wildman–Crippen MR) is 96.3 cm³/mol. The van der Waals surface area contributed by atoms with Gasteiger partial charge in [-0.05, 0) is 62.1 Å². The van der Waals surface area contributed by atoms with Crippen molar-refractivity contribution >= 4 is 17.5 Å². The van der Waals surface area contributed by atoms with Crippen LogP contribution in [0.1, 0.15) is 66.9 Å². The molecule has 0 unspecified atom stereocenters. The van der Waals surface area contributed by atoms with Crippen LogP contribution in [0.15, 0.2) is 12.1 Å². The van der Waals surface area contributed by atoms with Gasteiger partial charge in [-0.25, -0.2) is 0 Å². The third-order valence-corrected chi connectivity index (χ3v) is 5.79. The van der Waals surface area contributed by atoms with E-state index in [0.29, 0.717) is 16.7 Å². The highest BCUT2D eigenvalue weighted by Gasteiger charge is 2.38. The molecule has 1 saturated carbocycles. The zero-order chi connectivity index (χ0) is 17.3. The summed E-state index contributed by atoms with van der Waals surface area (Å²) in [7, 11) is 0. The Bertz CT molecular complexity index is 650. The summed E-state index contributed by atoms with van der Waals surface area (Å²) in [5, 5.41) is 2.85. The lowest BCUT2D eigenvalue weighted by molar-refractivity contribution is -0.114. The minimum Gasteiger partial charge on any atom is -0.339 e. The highest BCUT2D eigenvalue weighted by atomic mass is 16.2. The van der Waals surface area contributed by atoms with E-state index in [1.54, 1.807) is 0 Å². The largest absolute Gasteiger partial charge is 0.339 e. The van der Waals surface area contributed by atoms with Crippen molar-refractivity contribution < 1.29 is 9.59 Å². The topological polar surface area (TPSA) is 49.4 Å². The van der Waals surface area contributed by atoms with Gasteiger partial charge in [-0.1, -0.05) is 18.9 Å². The number of benzene rings is 1. The number of carbonyl (C=O) groups excluding carboxylic acids is 2. The fourth-order valence-corrected chi connectivity index (χ4v) is 4.46. The summed E-state index contributed by atoms with van der Waals surface area (Å²) in [6, 6.07) is 3.91. The first-order valence-corrected chi connectivity index (χ1v) is 9.08. The lowest BCUT2D eigenvalue weighted by Gasteiger charge is -2.39. The molecule has 0 radical (unpaired) electrons. The molecule has 0 atom stereocenters. The zero-order valence-electron chi connectivity index (χ0n) is 15.1. The lowest BCUT2D eigenvalue weighted by Crippen LogP contribution is -2.42. The van der Waals surface area contributed by atoms with E-state index in [1.807, 2.05) is 30.9 Å². The molecule has 2 amide bonds. The molecule has 3 rings (SSSR count). The molecule has 24 heavy (non-hydrogen) atoms. The molecule has 1 aliphatic carbocycles. The van der Waals surface area contributed by atoms with E-state index in [1.165, 1.54) is 32.6 Å². The Kier molecular flexibility index (Phi) is 4.66. The van der Waals surface area contributed by atoms with Crippen molar-refractivity contribution in [1.82, 2.24) is 4.90 Å². The SMILES string of the molecule is CC(=O)Nc1c(C)cc(C)cc1C(=O)N1CCC2(CCCC2)CC1. The molecule has 0 aromatic heterocycles. The number of aryl methyl sites for hydroxylation is 2. The minimum absolute atomic E-state index is 0.0541. The second kappa shape index (κ2) is 6.58. The first-order chi connectivity index (χ1) is 11.4. The first kappa shape index (κ1) is 17.0. The van der Waals surface area contributed by atoms with Gasteiger partial charge in [0, 0.05) is 20.0 Å². The molecule has 1 N–H and O–H groups in total. The zero-order valence-corrected chi connectivity index (χ0v) is 15.1. The Hall–Kier alpha value is -1.84. The number of nitrogens with zero attached hydrogens (tertiary/aromatic N) is 1. The summed E-state index contributed by atoms with van der Waals surface area (Å²) in [5.74, 6) is -0.0852. The third kappa shape index (κ3) is 3.33. The highest BCUT2D eigenvalue weighted by molar-refractivity contribution is 6.04. The molecule has 1 saturated heterocycles. The normalized spacial score (nSPS) is 19.5. The van der Waals surface area contributed by atoms with E-state index in [9.17, 15) is 9.59 Å². The number of anilines is 1. The Morgan fingerprint density at radius 2 is 1.67 bits per heavy atom. The van der Waals surface area contributed by atoms with Crippen LogP contribution in [0.4, 0.5) is 5.69 Å². The van der Waals surface area contributed by atoms with Crippen molar-refractivity contribution in [3.8, 4) is 0 Å². The van der Waals surface area contributed by atoms with E-state index in [0.717, 1.165) is 37.1 Å². The third-order valence-electron chi connectivity index (χ3n) is 5.79. The molecule has 1 spiro atoms. The van der Waals surface area contributed by atoms with Crippen molar-refractivity contribution in [3.63, 3.8) is 0 Å². The van der Waals surface area contributed by atoms with E-state index in [-0.39, 0.29) is 11.8 Å². The minimum atomic E-state index is -0.139. The number of hydrogen-bond donors (Lipinski definition) is 1. The molecule has 1 aliphatic heterocycles. The highest BCUT2D eigenvalue weighted by Crippen LogP contribution is 2.46. The molecule has 4 heteroatoms. The van der Waals surface area contributed by atoms with Gasteiger partial charge in [0.1, 0.15) is 0 Å². The fourth-order valence-electron chi connectivity index (χ4n) is 4.46. The van der Waals surface area contributed by atoms with Crippen molar-refractivity contribution in [2.75, 3.05) is 18.4 Å². The van der Waals surface area contributed by atoms with Crippen LogP contribution in [0, 0.1) is 19.3 Å². The van der Waals surface area contributed by atoms with Gasteiger partial charge in [-0.2, -0.15) is 0 Å². The van der Waals surface area contributed by atoms with Gasteiger partial charge in [0.05, 0.1) is 11.3 Å². The average molecular weight is 328 g/mol. The second-order valence-corrected chi connectivity index (χ2v) is 7.68. The van der Waals surface area contributed by atoms with E-state index < -0.39 is 0 Å². The van der Waals surface area contributed by atoms with Gasteiger partial charge in [0.2, 0.25) is 5.91 Å². The van der Waals surface area contributed by atoms with Crippen LogP contribution >= 0.6 is 0 Å². The maximum atomic E-state index is 13.1. The summed E-state index contributed by atoms with van der Waals surface area (Å²) in [4.78, 5) is 26.6. The van der Waals surface area contributed by atoms with Gasteiger partial charge in [-0.15, -0.1) is 0 Å². The maximum absolute atomic E-state index is 13.1. The first-order valence-electron chi connectivity index (χ1n) is 9.08. The quantitative estimate of drug-likeness (QED) is 0.890. The van der Waals surface area contributed by atoms with Crippen molar-refractivity contribution in [1.29, 1.82) is 0 Å². The van der Waals surface area contributed by atoms with Crippen LogP contribution in [0.2, 0.25) is 0 Å². The van der Waals surface area contributed by atoms with Gasteiger partial charge < -0.3 is 10.2 Å². The fraction of sp³-hybridized carbons (Fsp3) is 0.600. The smallest absolute Gasteiger partial charge is 0.255 e. The van der Waals surface area contributed by atoms with Crippen LogP contribution in [0.3, 0.4) is 0 Å². The van der Waals surface area contributed by atoms with Crippen LogP contribution < -0.4 is 5.32 Å². The Balaban J connectivity index is 1.81. The average Bonchev–Trinajstić information content (AvgIpc) is 2.98. The molecule has 130 valence electrons. The maximum Gasteiger partial charge on any atom is 0.255 e. The molecule has 2 fully saturated rings. The number of rotatable bonds is 2. The van der Waals surface area contributed by atoms with E-state index in [2.05, 4.69) is 5.32 Å². The van der Waals surface area contributed by atoms with Crippen molar-refractivity contribution in [2.45, 2.75) is 59.3 Å². The van der Waals surface area contributed by atoms with Crippen LogP contribution in [-0.4, -0.2) is 29.8 Å². The van der Waals surface area contributed by atoms with Crippen molar-refractivity contribution in [2.24, 2.45) is 5.41 Å². The predicted octanol–water partition coefficient (Wildman–Crippen LogP) is 4.06. The molecule has 1 aromatic carbocycles. The van der Waals surface area contributed by atoms with E-state index >= 15 is 0 Å². The number of likely N-dealkylation sites (tertiary alicyclic amines) is 1. The molecule has 2 aliphatic rings. The molecular formula is C20H28N2O2. The Morgan fingerprint density at radius 1 is 1.04 bits per heavy atom. The summed E-state index contributed by atoms with van der Waals surface area (Å²) in [6.45, 7) is 7.10. The second-order valence-electron chi connectivity index (χ2n) is 7.68.